The van der Waals surface area contributed by atoms with Gasteiger partial charge in [-0.05, 0) is 61.4 Å². The van der Waals surface area contributed by atoms with Crippen LogP contribution in [0.2, 0.25) is 0 Å². The third-order valence-electron chi connectivity index (χ3n) is 3.71. The summed E-state index contributed by atoms with van der Waals surface area (Å²) in [6.45, 7) is 3.99. The van der Waals surface area contributed by atoms with Crippen molar-refractivity contribution in [3.63, 3.8) is 0 Å². The molecule has 3 aromatic rings. The Morgan fingerprint density at radius 1 is 0.800 bits per heavy atom. The number of azo groups is 1. The van der Waals surface area contributed by atoms with Crippen molar-refractivity contribution in [3.05, 3.63) is 89.5 Å². The van der Waals surface area contributed by atoms with Crippen LogP contribution in [0.4, 0.5) is 17.1 Å². The highest BCUT2D eigenvalue weighted by Crippen LogP contribution is 2.28. The average molecular weight is 329 g/mol. The number of aryl methyl sites for hydroxylation is 2. The summed E-state index contributed by atoms with van der Waals surface area (Å²) < 4.78 is 0. The number of amides is 1. The van der Waals surface area contributed by atoms with Crippen molar-refractivity contribution >= 4 is 23.0 Å². The maximum absolute atomic E-state index is 12.4. The van der Waals surface area contributed by atoms with Gasteiger partial charge in [-0.25, -0.2) is 0 Å². The van der Waals surface area contributed by atoms with Gasteiger partial charge in [0.1, 0.15) is 5.69 Å². The van der Waals surface area contributed by atoms with Gasteiger partial charge in [0.15, 0.2) is 0 Å². The van der Waals surface area contributed by atoms with Crippen LogP contribution in [0.3, 0.4) is 0 Å². The van der Waals surface area contributed by atoms with E-state index in [9.17, 15) is 4.79 Å². The molecule has 0 bridgehead atoms. The highest BCUT2D eigenvalue weighted by Gasteiger charge is 2.09. The summed E-state index contributed by atoms with van der Waals surface area (Å²) in [5.41, 5.74) is 4.82. The van der Waals surface area contributed by atoms with E-state index in [-0.39, 0.29) is 5.91 Å². The van der Waals surface area contributed by atoms with Crippen LogP contribution in [0.5, 0.6) is 0 Å². The Hall–Kier alpha value is -3.27. The molecule has 0 spiro atoms. The molecule has 0 heterocycles. The molecule has 4 heteroatoms. The number of hydrogen-bond donors (Lipinski definition) is 1. The fraction of sp³-hybridized carbons (Fsp3) is 0.0952. The fourth-order valence-electron chi connectivity index (χ4n) is 2.42. The van der Waals surface area contributed by atoms with Crippen LogP contribution in [0.25, 0.3) is 0 Å². The summed E-state index contributed by atoms with van der Waals surface area (Å²) in [4.78, 5) is 12.4. The van der Waals surface area contributed by atoms with Crippen molar-refractivity contribution in [3.8, 4) is 0 Å². The van der Waals surface area contributed by atoms with Crippen molar-refractivity contribution < 1.29 is 4.79 Å². The monoisotopic (exact) mass is 329 g/mol. The Labute approximate surface area is 147 Å². The number of nitrogens with one attached hydrogen (secondary N) is 1. The number of carbonyl (C=O) groups excluding carboxylic acids is 1. The van der Waals surface area contributed by atoms with E-state index in [0.29, 0.717) is 16.9 Å². The SMILES string of the molecule is Cc1cccc(N=Nc2cc(C)ccc2NC(=O)c2ccccc2)c1. The summed E-state index contributed by atoms with van der Waals surface area (Å²) in [7, 11) is 0. The van der Waals surface area contributed by atoms with E-state index in [4.69, 9.17) is 0 Å². The highest BCUT2D eigenvalue weighted by atomic mass is 16.1. The molecule has 1 N–H and O–H groups in total. The summed E-state index contributed by atoms with van der Waals surface area (Å²) in [6.07, 6.45) is 0. The maximum atomic E-state index is 12.4. The van der Waals surface area contributed by atoms with Crippen molar-refractivity contribution in [1.29, 1.82) is 0 Å². The van der Waals surface area contributed by atoms with Gasteiger partial charge in [0.2, 0.25) is 0 Å². The van der Waals surface area contributed by atoms with Crippen molar-refractivity contribution in [2.45, 2.75) is 13.8 Å². The first-order valence-corrected chi connectivity index (χ1v) is 8.07. The van der Waals surface area contributed by atoms with Gasteiger partial charge in [-0.1, -0.05) is 36.4 Å². The number of benzene rings is 3. The molecule has 3 rings (SSSR count). The standard InChI is InChI=1S/C21H19N3O/c1-15-7-6-10-18(13-15)23-24-20-14-16(2)11-12-19(20)22-21(25)17-8-4-3-5-9-17/h3-14H,1-2H3,(H,22,25). The first kappa shape index (κ1) is 16.6. The molecule has 0 atom stereocenters. The largest absolute Gasteiger partial charge is 0.320 e. The lowest BCUT2D eigenvalue weighted by molar-refractivity contribution is 0.102. The minimum atomic E-state index is -0.170. The van der Waals surface area contributed by atoms with Crippen molar-refractivity contribution in [1.82, 2.24) is 0 Å². The Kier molecular flexibility index (Phi) is 5.00. The molecule has 124 valence electrons. The summed E-state index contributed by atoms with van der Waals surface area (Å²) in [6, 6.07) is 22.6. The lowest BCUT2D eigenvalue weighted by Crippen LogP contribution is -2.11. The predicted octanol–water partition coefficient (Wildman–Crippen LogP) is 5.97. The van der Waals surface area contributed by atoms with Crippen LogP contribution in [-0.2, 0) is 0 Å². The molecule has 25 heavy (non-hydrogen) atoms. The van der Waals surface area contributed by atoms with Crippen LogP contribution in [0, 0.1) is 13.8 Å². The third-order valence-corrected chi connectivity index (χ3v) is 3.71. The van der Waals surface area contributed by atoms with Gasteiger partial charge < -0.3 is 5.32 Å². The molecule has 1 amide bonds. The van der Waals surface area contributed by atoms with E-state index in [1.807, 2.05) is 74.5 Å². The molecule has 0 saturated carbocycles. The Bertz CT molecular complexity index is 917. The third kappa shape index (κ3) is 4.38. The topological polar surface area (TPSA) is 53.8 Å². The van der Waals surface area contributed by atoms with Gasteiger partial charge >= 0.3 is 0 Å². The van der Waals surface area contributed by atoms with E-state index in [2.05, 4.69) is 15.5 Å². The fourth-order valence-corrected chi connectivity index (χ4v) is 2.42. The van der Waals surface area contributed by atoms with Gasteiger partial charge in [0, 0.05) is 5.56 Å². The van der Waals surface area contributed by atoms with Crippen LogP contribution < -0.4 is 5.32 Å². The zero-order chi connectivity index (χ0) is 17.6. The lowest BCUT2D eigenvalue weighted by Gasteiger charge is -2.08. The molecule has 0 saturated heterocycles. The number of rotatable bonds is 4. The van der Waals surface area contributed by atoms with Crippen molar-refractivity contribution in [2.24, 2.45) is 10.2 Å². The second-order valence-electron chi connectivity index (χ2n) is 5.88. The Morgan fingerprint density at radius 3 is 2.32 bits per heavy atom. The lowest BCUT2D eigenvalue weighted by atomic mass is 10.1. The predicted molar refractivity (Wildman–Crippen MR) is 101 cm³/mol. The second-order valence-corrected chi connectivity index (χ2v) is 5.88. The minimum absolute atomic E-state index is 0.170. The quantitative estimate of drug-likeness (QED) is 0.589. The summed E-state index contributed by atoms with van der Waals surface area (Å²) >= 11 is 0. The minimum Gasteiger partial charge on any atom is -0.320 e. The number of nitrogens with zero attached hydrogens (tertiary/aromatic N) is 2. The van der Waals surface area contributed by atoms with Crippen molar-refractivity contribution in [2.75, 3.05) is 5.32 Å². The van der Waals surface area contributed by atoms with Crippen LogP contribution >= 0.6 is 0 Å². The smallest absolute Gasteiger partial charge is 0.255 e. The molecule has 4 nitrogen and oxygen atoms in total. The van der Waals surface area contributed by atoms with Gasteiger partial charge in [-0.2, -0.15) is 5.11 Å². The highest BCUT2D eigenvalue weighted by molar-refractivity contribution is 6.05. The summed E-state index contributed by atoms with van der Waals surface area (Å²) in [5.74, 6) is -0.170. The van der Waals surface area contributed by atoms with E-state index in [1.54, 1.807) is 12.1 Å². The first-order valence-electron chi connectivity index (χ1n) is 8.07. The van der Waals surface area contributed by atoms with Gasteiger partial charge in [0.05, 0.1) is 11.4 Å². The van der Waals surface area contributed by atoms with E-state index in [1.165, 1.54) is 0 Å². The van der Waals surface area contributed by atoms with Crippen LogP contribution in [-0.4, -0.2) is 5.91 Å². The van der Waals surface area contributed by atoms with Gasteiger partial charge in [-0.3, -0.25) is 4.79 Å². The normalized spacial score (nSPS) is 10.8. The number of anilines is 1. The molecule has 3 aromatic carbocycles. The number of hydrogen-bond acceptors (Lipinski definition) is 3. The molecular formula is C21H19N3O. The second kappa shape index (κ2) is 7.53. The molecule has 0 aromatic heterocycles. The van der Waals surface area contributed by atoms with Crippen LogP contribution in [0.15, 0.2) is 83.0 Å². The van der Waals surface area contributed by atoms with E-state index < -0.39 is 0 Å². The molecule has 0 aliphatic heterocycles. The average Bonchev–Trinajstić information content (AvgIpc) is 2.62. The molecule has 0 aliphatic carbocycles. The summed E-state index contributed by atoms with van der Waals surface area (Å²) in [5, 5.41) is 11.5. The first-order chi connectivity index (χ1) is 12.1. The number of carbonyl (C=O) groups is 1. The van der Waals surface area contributed by atoms with Crippen LogP contribution in [0.1, 0.15) is 21.5 Å². The molecule has 0 unspecified atom stereocenters. The van der Waals surface area contributed by atoms with E-state index >= 15 is 0 Å². The molecule has 0 fully saturated rings. The van der Waals surface area contributed by atoms with Gasteiger partial charge in [0.25, 0.3) is 5.91 Å². The zero-order valence-corrected chi connectivity index (χ0v) is 14.2. The maximum Gasteiger partial charge on any atom is 0.255 e. The Morgan fingerprint density at radius 2 is 1.56 bits per heavy atom. The van der Waals surface area contributed by atoms with Gasteiger partial charge in [-0.15, -0.1) is 5.11 Å². The molecular weight excluding hydrogens is 310 g/mol. The zero-order valence-electron chi connectivity index (χ0n) is 14.2. The van der Waals surface area contributed by atoms with E-state index in [0.717, 1.165) is 16.8 Å². The Balaban J connectivity index is 1.87. The molecule has 0 aliphatic rings. The molecule has 0 radical (unpaired) electrons.